The van der Waals surface area contributed by atoms with Crippen LogP contribution in [0.4, 0.5) is 4.39 Å². The van der Waals surface area contributed by atoms with Gasteiger partial charge in [-0.15, -0.1) is 16.4 Å². The molecule has 4 rings (SSSR count). The monoisotopic (exact) mass is 344 g/mol. The van der Waals surface area contributed by atoms with E-state index < -0.39 is 11.6 Å². The zero-order chi connectivity index (χ0) is 16.7. The Kier molecular flexibility index (Phi) is 3.35. The second-order valence-corrected chi connectivity index (χ2v) is 5.85. The van der Waals surface area contributed by atoms with Crippen LogP contribution in [0, 0.1) is 5.82 Å². The number of hydrogen-bond acceptors (Lipinski definition) is 6. The lowest BCUT2D eigenvalue weighted by Gasteiger charge is -1.99. The SMILES string of the molecule is O=c1oc(-c2ccc(F)cc2)nn1Cc1cc(=O)n2ccsc2n1. The number of nitrogens with zero attached hydrogens (tertiary/aromatic N) is 4. The average Bonchev–Trinajstić information content (AvgIpc) is 3.16. The van der Waals surface area contributed by atoms with Gasteiger partial charge in [-0.2, -0.15) is 4.68 Å². The van der Waals surface area contributed by atoms with E-state index in [9.17, 15) is 14.0 Å². The minimum atomic E-state index is -0.678. The first-order valence-corrected chi connectivity index (χ1v) is 7.78. The molecule has 0 saturated heterocycles. The summed E-state index contributed by atoms with van der Waals surface area (Å²) < 4.78 is 20.5. The summed E-state index contributed by atoms with van der Waals surface area (Å²) in [4.78, 5) is 28.7. The number of aromatic nitrogens is 4. The molecule has 0 amide bonds. The normalized spacial score (nSPS) is 11.2. The lowest BCUT2D eigenvalue weighted by molar-refractivity contribution is 0.493. The lowest BCUT2D eigenvalue weighted by atomic mass is 10.2. The molecule has 0 bridgehead atoms. The Morgan fingerprint density at radius 2 is 2.00 bits per heavy atom. The number of fused-ring (bicyclic) bond motifs is 1. The van der Waals surface area contributed by atoms with Gasteiger partial charge in [0.25, 0.3) is 5.56 Å². The van der Waals surface area contributed by atoms with Crippen LogP contribution in [0.5, 0.6) is 0 Å². The van der Waals surface area contributed by atoms with Crippen LogP contribution in [0.15, 0.2) is 55.9 Å². The molecule has 0 aliphatic carbocycles. The number of thiazole rings is 1. The van der Waals surface area contributed by atoms with Gasteiger partial charge < -0.3 is 4.42 Å². The lowest BCUT2D eigenvalue weighted by Crippen LogP contribution is -2.20. The van der Waals surface area contributed by atoms with Crippen molar-refractivity contribution in [3.63, 3.8) is 0 Å². The van der Waals surface area contributed by atoms with E-state index in [0.717, 1.165) is 4.68 Å². The molecule has 0 spiro atoms. The van der Waals surface area contributed by atoms with Gasteiger partial charge in [0.05, 0.1) is 12.2 Å². The van der Waals surface area contributed by atoms with Crippen LogP contribution in [0.3, 0.4) is 0 Å². The van der Waals surface area contributed by atoms with E-state index in [2.05, 4.69) is 10.1 Å². The van der Waals surface area contributed by atoms with Crippen molar-refractivity contribution in [1.29, 1.82) is 0 Å². The maximum atomic E-state index is 13.0. The summed E-state index contributed by atoms with van der Waals surface area (Å²) in [6, 6.07) is 6.78. The molecule has 0 aliphatic rings. The van der Waals surface area contributed by atoms with Crippen LogP contribution in [-0.4, -0.2) is 19.2 Å². The molecule has 0 unspecified atom stereocenters. The first-order chi connectivity index (χ1) is 11.6. The Hall–Kier alpha value is -3.07. The summed E-state index contributed by atoms with van der Waals surface area (Å²) in [5.41, 5.74) is 0.657. The summed E-state index contributed by atoms with van der Waals surface area (Å²) >= 11 is 1.32. The third kappa shape index (κ3) is 2.54. The summed E-state index contributed by atoms with van der Waals surface area (Å²) in [6.45, 7) is 0.00711. The highest BCUT2D eigenvalue weighted by Gasteiger charge is 2.12. The Morgan fingerprint density at radius 1 is 1.21 bits per heavy atom. The molecule has 0 radical (unpaired) electrons. The van der Waals surface area contributed by atoms with Gasteiger partial charge in [-0.3, -0.25) is 9.20 Å². The van der Waals surface area contributed by atoms with Gasteiger partial charge in [-0.25, -0.2) is 14.2 Å². The summed E-state index contributed by atoms with van der Waals surface area (Å²) in [5.74, 6) is -0.995. The smallest absolute Gasteiger partial charge is 0.388 e. The van der Waals surface area contributed by atoms with Crippen LogP contribution in [0.25, 0.3) is 16.4 Å². The average molecular weight is 344 g/mol. The Morgan fingerprint density at radius 3 is 2.79 bits per heavy atom. The molecule has 7 nitrogen and oxygen atoms in total. The topological polar surface area (TPSA) is 82.4 Å². The van der Waals surface area contributed by atoms with Gasteiger partial charge in [0.2, 0.25) is 5.89 Å². The molecule has 4 aromatic rings. The summed E-state index contributed by atoms with van der Waals surface area (Å²) in [7, 11) is 0. The second-order valence-electron chi connectivity index (χ2n) is 4.98. The van der Waals surface area contributed by atoms with E-state index in [1.807, 2.05) is 0 Å². The van der Waals surface area contributed by atoms with Crippen molar-refractivity contribution >= 4 is 16.3 Å². The molecule has 1 aromatic carbocycles. The van der Waals surface area contributed by atoms with Crippen molar-refractivity contribution in [1.82, 2.24) is 19.2 Å². The largest absolute Gasteiger partial charge is 0.437 e. The van der Waals surface area contributed by atoms with Gasteiger partial charge in [0, 0.05) is 23.2 Å². The van der Waals surface area contributed by atoms with Crippen LogP contribution >= 0.6 is 11.3 Å². The number of halogens is 1. The molecule has 3 aromatic heterocycles. The van der Waals surface area contributed by atoms with Gasteiger partial charge in [0.15, 0.2) is 4.96 Å². The molecular formula is C15H9FN4O3S. The van der Waals surface area contributed by atoms with E-state index in [0.29, 0.717) is 16.2 Å². The molecule has 120 valence electrons. The van der Waals surface area contributed by atoms with Crippen molar-refractivity contribution < 1.29 is 8.81 Å². The number of rotatable bonds is 3. The molecule has 24 heavy (non-hydrogen) atoms. The Bertz CT molecular complexity index is 1140. The molecule has 3 heterocycles. The zero-order valence-corrected chi connectivity index (χ0v) is 12.9. The van der Waals surface area contributed by atoms with Crippen LogP contribution in [-0.2, 0) is 6.54 Å². The maximum Gasteiger partial charge on any atom is 0.437 e. The van der Waals surface area contributed by atoms with Crippen LogP contribution in [0.1, 0.15) is 5.69 Å². The van der Waals surface area contributed by atoms with Crippen molar-refractivity contribution in [3.05, 3.63) is 74.3 Å². The highest BCUT2D eigenvalue weighted by Crippen LogP contribution is 2.16. The minimum Gasteiger partial charge on any atom is -0.388 e. The van der Waals surface area contributed by atoms with Crippen molar-refractivity contribution in [2.45, 2.75) is 6.54 Å². The predicted molar refractivity (Wildman–Crippen MR) is 84.6 cm³/mol. The van der Waals surface area contributed by atoms with E-state index in [1.165, 1.54) is 46.1 Å². The van der Waals surface area contributed by atoms with Crippen LogP contribution < -0.4 is 11.3 Å². The molecule has 9 heteroatoms. The van der Waals surface area contributed by atoms with E-state index >= 15 is 0 Å². The van der Waals surface area contributed by atoms with E-state index in [1.54, 1.807) is 11.6 Å². The Labute approximate surface area is 137 Å². The highest BCUT2D eigenvalue weighted by atomic mass is 32.1. The molecule has 0 fully saturated rings. The fourth-order valence-electron chi connectivity index (χ4n) is 2.24. The van der Waals surface area contributed by atoms with Gasteiger partial charge in [0.1, 0.15) is 5.82 Å². The summed E-state index contributed by atoms with van der Waals surface area (Å²) in [6.07, 6.45) is 1.63. The first-order valence-electron chi connectivity index (χ1n) is 6.90. The van der Waals surface area contributed by atoms with Crippen molar-refractivity contribution in [2.24, 2.45) is 0 Å². The van der Waals surface area contributed by atoms with Crippen LogP contribution in [0.2, 0.25) is 0 Å². The molecule has 0 atom stereocenters. The fraction of sp³-hybridized carbons (Fsp3) is 0.0667. The van der Waals surface area contributed by atoms with E-state index in [4.69, 9.17) is 4.42 Å². The third-order valence-corrected chi connectivity index (χ3v) is 4.12. The predicted octanol–water partition coefficient (Wildman–Crippen LogP) is 1.76. The Balaban J connectivity index is 1.70. The van der Waals surface area contributed by atoms with Gasteiger partial charge >= 0.3 is 5.76 Å². The molecule has 0 saturated carbocycles. The minimum absolute atomic E-state index is 0.00711. The second kappa shape index (κ2) is 5.53. The number of benzene rings is 1. The highest BCUT2D eigenvalue weighted by molar-refractivity contribution is 7.15. The van der Waals surface area contributed by atoms with E-state index in [-0.39, 0.29) is 18.0 Å². The first kappa shape index (κ1) is 14.5. The third-order valence-electron chi connectivity index (χ3n) is 3.37. The fourth-order valence-corrected chi connectivity index (χ4v) is 2.98. The van der Waals surface area contributed by atoms with Gasteiger partial charge in [-0.1, -0.05) is 0 Å². The molecule has 0 aliphatic heterocycles. The molecule has 0 N–H and O–H groups in total. The van der Waals surface area contributed by atoms with Crippen molar-refractivity contribution in [3.8, 4) is 11.5 Å². The standard InChI is InChI=1S/C15H9FN4O3S/c16-10-3-1-9(2-4-10)13-18-20(15(22)23-13)8-11-7-12(21)19-5-6-24-14(19)17-11/h1-7H,8H2. The quantitative estimate of drug-likeness (QED) is 0.566. The van der Waals surface area contributed by atoms with Crippen molar-refractivity contribution in [2.75, 3.05) is 0 Å². The number of hydrogen-bond donors (Lipinski definition) is 0. The maximum absolute atomic E-state index is 13.0. The van der Waals surface area contributed by atoms with Gasteiger partial charge in [-0.05, 0) is 24.3 Å². The molecular weight excluding hydrogens is 335 g/mol. The zero-order valence-electron chi connectivity index (χ0n) is 12.0. The summed E-state index contributed by atoms with van der Waals surface area (Å²) in [5, 5.41) is 5.82.